The molecule has 0 aliphatic carbocycles. The van der Waals surface area contributed by atoms with Crippen LogP contribution in [0.3, 0.4) is 0 Å². The minimum Gasteiger partial charge on any atom is -0.482 e. The number of amides is 1. The van der Waals surface area contributed by atoms with Crippen LogP contribution in [0.4, 0.5) is 5.69 Å². The maximum atomic E-state index is 12.2. The molecule has 30 heavy (non-hydrogen) atoms. The van der Waals surface area contributed by atoms with Crippen LogP contribution in [0.15, 0.2) is 42.5 Å². The first kappa shape index (κ1) is 21.0. The van der Waals surface area contributed by atoms with Gasteiger partial charge in [0, 0.05) is 11.3 Å². The van der Waals surface area contributed by atoms with Crippen molar-refractivity contribution in [1.29, 1.82) is 0 Å². The molecule has 9 heteroatoms. The molecule has 0 aliphatic rings. The number of hydrogen-bond acceptors (Lipinski definition) is 7. The molecule has 3 rings (SSSR count). The normalized spacial score (nSPS) is 10.5. The number of nitrogens with one attached hydrogen (secondary N) is 1. The van der Waals surface area contributed by atoms with Gasteiger partial charge in [0.25, 0.3) is 0 Å². The number of benzene rings is 2. The first-order chi connectivity index (χ1) is 14.4. The van der Waals surface area contributed by atoms with Crippen molar-refractivity contribution < 1.29 is 19.1 Å². The fraction of sp³-hybridized carbons (Fsp3) is 0.286. The summed E-state index contributed by atoms with van der Waals surface area (Å²) in [5, 5.41) is 15.0. The van der Waals surface area contributed by atoms with Crippen LogP contribution >= 0.6 is 0 Å². The molecule has 1 amide bonds. The average Bonchev–Trinajstić information content (AvgIpc) is 3.18. The Balaban J connectivity index is 1.56. The van der Waals surface area contributed by atoms with Crippen LogP contribution in [-0.2, 0) is 20.9 Å². The maximum absolute atomic E-state index is 12.2. The lowest BCUT2D eigenvalue weighted by Gasteiger charge is -2.07. The number of tetrazole rings is 1. The average molecular weight is 409 g/mol. The highest BCUT2D eigenvalue weighted by Crippen LogP contribution is 2.19. The first-order valence-electron chi connectivity index (χ1n) is 9.48. The number of esters is 1. The van der Waals surface area contributed by atoms with Gasteiger partial charge in [0.2, 0.25) is 11.7 Å². The summed E-state index contributed by atoms with van der Waals surface area (Å²) < 4.78 is 10.2. The fourth-order valence-corrected chi connectivity index (χ4v) is 2.62. The van der Waals surface area contributed by atoms with Gasteiger partial charge in [-0.05, 0) is 73.5 Å². The number of nitrogens with zero attached hydrogens (tertiary/aromatic N) is 4. The Labute approximate surface area is 174 Å². The number of carbonyl (C=O) groups excluding carboxylic acids is 2. The Bertz CT molecular complexity index is 1030. The third-order valence-electron chi connectivity index (χ3n) is 4.30. The monoisotopic (exact) mass is 409 g/mol. The molecule has 1 aromatic heterocycles. The Morgan fingerprint density at radius 3 is 2.53 bits per heavy atom. The third-order valence-corrected chi connectivity index (χ3v) is 4.30. The minimum absolute atomic E-state index is 0.0549. The SMILES string of the molecule is CCOC(=O)COc1ccc(-c2nnn(CC(=O)Nc3ccc(C)c(C)c3)n2)cc1. The van der Waals surface area contributed by atoms with E-state index in [-0.39, 0.29) is 19.1 Å². The lowest BCUT2D eigenvalue weighted by Crippen LogP contribution is -2.20. The molecule has 0 aliphatic heterocycles. The molecule has 0 fully saturated rings. The summed E-state index contributed by atoms with van der Waals surface area (Å²) in [6.45, 7) is 5.84. The van der Waals surface area contributed by atoms with E-state index in [1.807, 2.05) is 32.0 Å². The molecule has 0 radical (unpaired) electrons. The molecule has 9 nitrogen and oxygen atoms in total. The number of carbonyl (C=O) groups is 2. The number of aromatic nitrogens is 4. The van der Waals surface area contributed by atoms with E-state index in [1.54, 1.807) is 31.2 Å². The largest absolute Gasteiger partial charge is 0.482 e. The Morgan fingerprint density at radius 1 is 1.07 bits per heavy atom. The van der Waals surface area contributed by atoms with Gasteiger partial charge in [-0.2, -0.15) is 4.80 Å². The standard InChI is InChI=1S/C21H23N5O4/c1-4-29-20(28)13-30-18-9-6-16(7-10-18)21-23-25-26(24-21)12-19(27)22-17-8-5-14(2)15(3)11-17/h5-11H,4,12-13H2,1-3H3,(H,22,27). The van der Waals surface area contributed by atoms with Crippen molar-refractivity contribution in [3.63, 3.8) is 0 Å². The van der Waals surface area contributed by atoms with Crippen molar-refractivity contribution in [2.45, 2.75) is 27.3 Å². The molecule has 1 N–H and O–H groups in total. The topological polar surface area (TPSA) is 108 Å². The highest BCUT2D eigenvalue weighted by Gasteiger charge is 2.11. The molecule has 156 valence electrons. The number of anilines is 1. The summed E-state index contributed by atoms with van der Waals surface area (Å²) in [4.78, 5) is 24.8. The fourth-order valence-electron chi connectivity index (χ4n) is 2.62. The molecule has 0 bridgehead atoms. The number of hydrogen-bond donors (Lipinski definition) is 1. The Hall–Kier alpha value is -3.75. The zero-order valence-corrected chi connectivity index (χ0v) is 17.1. The molecule has 2 aromatic carbocycles. The van der Waals surface area contributed by atoms with Crippen LogP contribution in [0.25, 0.3) is 11.4 Å². The van der Waals surface area contributed by atoms with E-state index in [1.165, 1.54) is 4.80 Å². The second kappa shape index (κ2) is 9.64. The van der Waals surface area contributed by atoms with Gasteiger partial charge in [0.05, 0.1) is 6.61 Å². The van der Waals surface area contributed by atoms with Gasteiger partial charge in [-0.25, -0.2) is 4.79 Å². The summed E-state index contributed by atoms with van der Waals surface area (Å²) in [5.74, 6) is 0.230. The van der Waals surface area contributed by atoms with Gasteiger partial charge in [0.1, 0.15) is 12.3 Å². The van der Waals surface area contributed by atoms with Crippen molar-refractivity contribution in [1.82, 2.24) is 20.2 Å². The maximum Gasteiger partial charge on any atom is 0.344 e. The molecular formula is C21H23N5O4. The van der Waals surface area contributed by atoms with Gasteiger partial charge in [-0.15, -0.1) is 10.2 Å². The van der Waals surface area contributed by atoms with Crippen LogP contribution < -0.4 is 10.1 Å². The zero-order chi connectivity index (χ0) is 21.5. The molecule has 3 aromatic rings. The van der Waals surface area contributed by atoms with E-state index in [4.69, 9.17) is 9.47 Å². The van der Waals surface area contributed by atoms with Gasteiger partial charge in [-0.1, -0.05) is 6.07 Å². The Morgan fingerprint density at radius 2 is 1.83 bits per heavy atom. The van der Waals surface area contributed by atoms with Crippen molar-refractivity contribution in [2.75, 3.05) is 18.5 Å². The van der Waals surface area contributed by atoms with Crippen molar-refractivity contribution in [2.24, 2.45) is 0 Å². The molecule has 0 spiro atoms. The molecule has 0 saturated heterocycles. The predicted molar refractivity (Wildman–Crippen MR) is 110 cm³/mol. The smallest absolute Gasteiger partial charge is 0.344 e. The van der Waals surface area contributed by atoms with E-state index < -0.39 is 5.97 Å². The van der Waals surface area contributed by atoms with Crippen LogP contribution in [0.2, 0.25) is 0 Å². The molecule has 0 unspecified atom stereocenters. The molecule has 0 atom stereocenters. The van der Waals surface area contributed by atoms with Crippen molar-refractivity contribution >= 4 is 17.6 Å². The van der Waals surface area contributed by atoms with Crippen LogP contribution in [0.5, 0.6) is 5.75 Å². The summed E-state index contributed by atoms with van der Waals surface area (Å²) in [5.41, 5.74) is 3.69. The number of rotatable bonds is 8. The van der Waals surface area contributed by atoms with Gasteiger partial charge in [0.15, 0.2) is 6.61 Å². The van der Waals surface area contributed by atoms with Gasteiger partial charge in [-0.3, -0.25) is 4.79 Å². The Kier molecular flexibility index (Phi) is 6.74. The second-order valence-electron chi connectivity index (χ2n) is 6.61. The zero-order valence-electron chi connectivity index (χ0n) is 17.1. The minimum atomic E-state index is -0.426. The summed E-state index contributed by atoms with van der Waals surface area (Å²) in [6.07, 6.45) is 0. The lowest BCUT2D eigenvalue weighted by atomic mass is 10.1. The van der Waals surface area contributed by atoms with Crippen molar-refractivity contribution in [3.8, 4) is 17.1 Å². The second-order valence-corrected chi connectivity index (χ2v) is 6.61. The summed E-state index contributed by atoms with van der Waals surface area (Å²) in [6, 6.07) is 12.6. The van der Waals surface area contributed by atoms with Crippen molar-refractivity contribution in [3.05, 3.63) is 53.6 Å². The molecule has 0 saturated carbocycles. The highest BCUT2D eigenvalue weighted by molar-refractivity contribution is 5.90. The van der Waals surface area contributed by atoms with E-state index in [2.05, 4.69) is 20.7 Å². The number of aryl methyl sites for hydroxylation is 2. The summed E-state index contributed by atoms with van der Waals surface area (Å²) in [7, 11) is 0. The van der Waals surface area contributed by atoms with Crippen LogP contribution in [0.1, 0.15) is 18.1 Å². The predicted octanol–water partition coefficient (Wildman–Crippen LogP) is 2.54. The highest BCUT2D eigenvalue weighted by atomic mass is 16.6. The molecular weight excluding hydrogens is 386 g/mol. The van der Waals surface area contributed by atoms with E-state index >= 15 is 0 Å². The lowest BCUT2D eigenvalue weighted by molar-refractivity contribution is -0.145. The van der Waals surface area contributed by atoms with E-state index in [0.717, 1.165) is 16.8 Å². The molecule has 1 heterocycles. The van der Waals surface area contributed by atoms with Crippen LogP contribution in [0, 0.1) is 13.8 Å². The quantitative estimate of drug-likeness (QED) is 0.570. The summed E-state index contributed by atoms with van der Waals surface area (Å²) >= 11 is 0. The number of ether oxygens (including phenoxy) is 2. The third kappa shape index (κ3) is 5.63. The van der Waals surface area contributed by atoms with Gasteiger partial charge < -0.3 is 14.8 Å². The first-order valence-corrected chi connectivity index (χ1v) is 9.48. The van der Waals surface area contributed by atoms with Gasteiger partial charge >= 0.3 is 5.97 Å². The van der Waals surface area contributed by atoms with E-state index in [9.17, 15) is 9.59 Å². The van der Waals surface area contributed by atoms with E-state index in [0.29, 0.717) is 23.7 Å². The van der Waals surface area contributed by atoms with Crippen LogP contribution in [-0.4, -0.2) is 45.3 Å².